The van der Waals surface area contributed by atoms with Gasteiger partial charge in [-0.15, -0.1) is 0 Å². The molecule has 0 bridgehead atoms. The van der Waals surface area contributed by atoms with Crippen LogP contribution in [0.3, 0.4) is 0 Å². The number of likely N-dealkylation sites (N-methyl/N-ethyl adjacent to an activating group) is 1. The predicted molar refractivity (Wildman–Crippen MR) is 87.1 cm³/mol. The maximum Gasteiger partial charge on any atom is 0.248 e. The first kappa shape index (κ1) is 16.9. The number of aromatic nitrogens is 2. The third-order valence-electron chi connectivity index (χ3n) is 4.80. The van der Waals surface area contributed by atoms with Gasteiger partial charge in [-0.05, 0) is 0 Å². The van der Waals surface area contributed by atoms with Gasteiger partial charge in [0, 0.05) is 44.6 Å². The number of rotatable bonds is 6. The van der Waals surface area contributed by atoms with Gasteiger partial charge in [-0.1, -0.05) is 0 Å². The van der Waals surface area contributed by atoms with Crippen molar-refractivity contribution in [1.29, 1.82) is 0 Å². The van der Waals surface area contributed by atoms with E-state index in [4.69, 9.17) is 14.2 Å². The molecule has 0 aliphatic carbocycles. The number of amides is 1. The van der Waals surface area contributed by atoms with Gasteiger partial charge in [-0.25, -0.2) is 9.97 Å². The molecule has 2 aliphatic heterocycles. The van der Waals surface area contributed by atoms with Crippen LogP contribution < -0.4 is 9.64 Å². The Labute approximate surface area is 141 Å². The summed E-state index contributed by atoms with van der Waals surface area (Å²) in [5.41, 5.74) is -0.0925. The Morgan fingerprint density at radius 2 is 2.33 bits per heavy atom. The molecular weight excluding hydrogens is 312 g/mol. The third kappa shape index (κ3) is 3.29. The molecule has 2 fully saturated rings. The van der Waals surface area contributed by atoms with Crippen molar-refractivity contribution in [3.05, 3.63) is 12.4 Å². The smallest absolute Gasteiger partial charge is 0.248 e. The number of hydrogen-bond acceptors (Lipinski definition) is 7. The Morgan fingerprint density at radius 3 is 3.08 bits per heavy atom. The molecular formula is C16H24N4O4. The van der Waals surface area contributed by atoms with E-state index in [0.29, 0.717) is 31.6 Å². The van der Waals surface area contributed by atoms with Crippen LogP contribution in [0.25, 0.3) is 0 Å². The zero-order valence-electron chi connectivity index (χ0n) is 14.4. The number of hydrogen-bond donors (Lipinski definition) is 0. The molecule has 0 saturated carbocycles. The van der Waals surface area contributed by atoms with Crippen molar-refractivity contribution >= 4 is 11.7 Å². The van der Waals surface area contributed by atoms with E-state index in [0.717, 1.165) is 18.9 Å². The third-order valence-corrected chi connectivity index (χ3v) is 4.80. The maximum atomic E-state index is 11.7. The van der Waals surface area contributed by atoms with Crippen LogP contribution >= 0.6 is 0 Å². The molecule has 1 aromatic rings. The molecule has 1 amide bonds. The quantitative estimate of drug-likeness (QED) is 0.726. The zero-order chi connectivity index (χ0) is 17.2. The summed E-state index contributed by atoms with van der Waals surface area (Å²) in [5.74, 6) is 1.74. The molecule has 1 aromatic heterocycles. The number of nitrogens with zero attached hydrogens (tertiary/aromatic N) is 4. The van der Waals surface area contributed by atoms with E-state index in [9.17, 15) is 4.79 Å². The lowest BCUT2D eigenvalue weighted by molar-refractivity contribution is -0.134. The first-order valence-electron chi connectivity index (χ1n) is 8.01. The summed E-state index contributed by atoms with van der Waals surface area (Å²) in [6, 6.07) is 1.84. The van der Waals surface area contributed by atoms with Gasteiger partial charge in [-0.3, -0.25) is 4.79 Å². The van der Waals surface area contributed by atoms with Gasteiger partial charge < -0.3 is 24.0 Å². The van der Waals surface area contributed by atoms with E-state index in [1.165, 1.54) is 11.2 Å². The standard InChI is InChI=1S/C16H24N4O4/c1-19(2)15(21)7-24-10-16-8-20(5-12(16)6-23-9-16)13-4-14(22-3)18-11-17-13/h4,11-12H,5-10H2,1-3H3/t12-,16+/m1/s1. The highest BCUT2D eigenvalue weighted by atomic mass is 16.5. The molecule has 3 rings (SSSR count). The van der Waals surface area contributed by atoms with E-state index < -0.39 is 0 Å². The normalized spacial score (nSPS) is 25.6. The topological polar surface area (TPSA) is 77.0 Å². The number of ether oxygens (including phenoxy) is 3. The van der Waals surface area contributed by atoms with Gasteiger partial charge in [0.1, 0.15) is 18.8 Å². The van der Waals surface area contributed by atoms with Gasteiger partial charge >= 0.3 is 0 Å². The summed E-state index contributed by atoms with van der Waals surface area (Å²) in [5, 5.41) is 0. The fourth-order valence-corrected chi connectivity index (χ4v) is 3.30. The lowest BCUT2D eigenvalue weighted by Crippen LogP contribution is -2.37. The number of anilines is 1. The lowest BCUT2D eigenvalue weighted by atomic mass is 9.82. The van der Waals surface area contributed by atoms with Gasteiger partial charge in [0.2, 0.25) is 11.8 Å². The number of carbonyl (C=O) groups excluding carboxylic acids is 1. The summed E-state index contributed by atoms with van der Waals surface area (Å²) >= 11 is 0. The first-order valence-corrected chi connectivity index (χ1v) is 8.01. The molecule has 2 saturated heterocycles. The van der Waals surface area contributed by atoms with E-state index in [1.54, 1.807) is 21.2 Å². The van der Waals surface area contributed by atoms with Crippen LogP contribution in [0.5, 0.6) is 5.88 Å². The van der Waals surface area contributed by atoms with Crippen molar-refractivity contribution in [1.82, 2.24) is 14.9 Å². The summed E-state index contributed by atoms with van der Waals surface area (Å²) in [6.45, 7) is 3.61. The minimum absolute atomic E-state index is 0.0303. The Hall–Kier alpha value is -1.93. The minimum atomic E-state index is -0.0925. The highest BCUT2D eigenvalue weighted by Crippen LogP contribution is 2.42. The first-order chi connectivity index (χ1) is 11.5. The highest BCUT2D eigenvalue weighted by molar-refractivity contribution is 5.76. The fourth-order valence-electron chi connectivity index (χ4n) is 3.30. The van der Waals surface area contributed by atoms with Crippen LogP contribution in [-0.2, 0) is 14.3 Å². The number of carbonyl (C=O) groups is 1. The van der Waals surface area contributed by atoms with Crippen molar-refractivity contribution in [3.8, 4) is 5.88 Å². The maximum absolute atomic E-state index is 11.7. The predicted octanol–water partition coefficient (Wildman–Crippen LogP) is 0.0428. The monoisotopic (exact) mass is 336 g/mol. The molecule has 24 heavy (non-hydrogen) atoms. The van der Waals surface area contributed by atoms with Crippen LogP contribution in [0.2, 0.25) is 0 Å². The Bertz CT molecular complexity index is 597. The fraction of sp³-hybridized carbons (Fsp3) is 0.688. The highest BCUT2D eigenvalue weighted by Gasteiger charge is 2.51. The number of methoxy groups -OCH3 is 1. The van der Waals surface area contributed by atoms with Gasteiger partial charge in [0.25, 0.3) is 0 Å². The van der Waals surface area contributed by atoms with Crippen LogP contribution in [0.1, 0.15) is 0 Å². The molecule has 0 radical (unpaired) electrons. The molecule has 132 valence electrons. The Morgan fingerprint density at radius 1 is 1.50 bits per heavy atom. The second-order valence-electron chi connectivity index (χ2n) is 6.65. The second-order valence-corrected chi connectivity index (χ2v) is 6.65. The molecule has 0 aromatic carbocycles. The summed E-state index contributed by atoms with van der Waals surface area (Å²) in [6.07, 6.45) is 1.51. The van der Waals surface area contributed by atoms with Crippen LogP contribution in [0, 0.1) is 11.3 Å². The molecule has 0 spiro atoms. The molecule has 3 heterocycles. The summed E-state index contributed by atoms with van der Waals surface area (Å²) in [4.78, 5) is 23.8. The molecule has 0 unspecified atom stereocenters. The summed E-state index contributed by atoms with van der Waals surface area (Å²) in [7, 11) is 5.05. The van der Waals surface area contributed by atoms with Gasteiger partial charge in [0.15, 0.2) is 0 Å². The molecule has 8 heteroatoms. The van der Waals surface area contributed by atoms with Crippen molar-refractivity contribution in [2.75, 3.05) is 65.6 Å². The average Bonchev–Trinajstić information content (AvgIpc) is 3.11. The second kappa shape index (κ2) is 6.90. The van der Waals surface area contributed by atoms with Crippen LogP contribution in [0.4, 0.5) is 5.82 Å². The lowest BCUT2D eigenvalue weighted by Gasteiger charge is -2.27. The van der Waals surface area contributed by atoms with E-state index in [1.807, 2.05) is 6.07 Å². The molecule has 2 aliphatic rings. The van der Waals surface area contributed by atoms with Crippen LogP contribution in [0.15, 0.2) is 12.4 Å². The van der Waals surface area contributed by atoms with Gasteiger partial charge in [0.05, 0.1) is 26.9 Å². The molecule has 2 atom stereocenters. The van der Waals surface area contributed by atoms with Crippen molar-refractivity contribution in [2.24, 2.45) is 11.3 Å². The minimum Gasteiger partial charge on any atom is -0.481 e. The van der Waals surface area contributed by atoms with Crippen molar-refractivity contribution in [3.63, 3.8) is 0 Å². The molecule has 0 N–H and O–H groups in total. The number of fused-ring (bicyclic) bond motifs is 1. The van der Waals surface area contributed by atoms with Gasteiger partial charge in [-0.2, -0.15) is 0 Å². The van der Waals surface area contributed by atoms with Crippen molar-refractivity contribution in [2.45, 2.75) is 0 Å². The van der Waals surface area contributed by atoms with E-state index in [-0.39, 0.29) is 17.9 Å². The summed E-state index contributed by atoms with van der Waals surface area (Å²) < 4.78 is 16.6. The van der Waals surface area contributed by atoms with E-state index in [2.05, 4.69) is 14.9 Å². The zero-order valence-corrected chi connectivity index (χ0v) is 14.4. The Balaban J connectivity index is 1.65. The SMILES string of the molecule is COc1cc(N2C[C@@H]3COC[C@]3(COCC(=O)N(C)C)C2)ncn1. The Kier molecular flexibility index (Phi) is 4.86. The van der Waals surface area contributed by atoms with Crippen molar-refractivity contribution < 1.29 is 19.0 Å². The molecule has 8 nitrogen and oxygen atoms in total. The van der Waals surface area contributed by atoms with E-state index >= 15 is 0 Å². The average molecular weight is 336 g/mol. The largest absolute Gasteiger partial charge is 0.481 e. The van der Waals surface area contributed by atoms with Crippen LogP contribution in [-0.4, -0.2) is 81.5 Å².